The topological polar surface area (TPSA) is 93.1 Å². The Morgan fingerprint density at radius 2 is 2.35 bits per heavy atom. The van der Waals surface area contributed by atoms with Gasteiger partial charge >= 0.3 is 0 Å². The summed E-state index contributed by atoms with van der Waals surface area (Å²) >= 11 is 0. The molecule has 0 aliphatic carbocycles. The molecule has 1 aromatic heterocycles. The lowest BCUT2D eigenvalue weighted by Crippen LogP contribution is -2.46. The van der Waals surface area contributed by atoms with Gasteiger partial charge in [0.15, 0.2) is 9.84 Å². The fourth-order valence-corrected chi connectivity index (χ4v) is 3.56. The van der Waals surface area contributed by atoms with Crippen molar-refractivity contribution in [3.63, 3.8) is 0 Å². The minimum absolute atomic E-state index is 0.0195. The van der Waals surface area contributed by atoms with E-state index in [9.17, 15) is 13.2 Å². The molecule has 1 aliphatic rings. The van der Waals surface area contributed by atoms with Gasteiger partial charge in [-0.25, -0.2) is 8.42 Å². The molecule has 1 saturated heterocycles. The van der Waals surface area contributed by atoms with E-state index in [1.807, 2.05) is 13.8 Å². The number of carbonyl (C=O) groups excluding carboxylic acids is 1. The zero-order valence-corrected chi connectivity index (χ0v) is 12.5. The molecule has 7 nitrogen and oxygen atoms in total. The third-order valence-corrected chi connectivity index (χ3v) is 4.88. The first-order chi connectivity index (χ1) is 9.35. The fraction of sp³-hybridized carbons (Fsp3) is 0.667. The molecule has 8 heteroatoms. The van der Waals surface area contributed by atoms with Gasteiger partial charge in [0.25, 0.3) is 0 Å². The van der Waals surface area contributed by atoms with Crippen LogP contribution >= 0.6 is 0 Å². The minimum atomic E-state index is -3.02. The number of hydrogen-bond acceptors (Lipinski definition) is 5. The van der Waals surface area contributed by atoms with Crippen LogP contribution in [0.2, 0.25) is 0 Å². The number of amides is 1. The summed E-state index contributed by atoms with van der Waals surface area (Å²) in [5, 5.41) is 9.92. The predicted molar refractivity (Wildman–Crippen MR) is 76.3 cm³/mol. The highest BCUT2D eigenvalue weighted by atomic mass is 32.2. The molecule has 0 aromatic carbocycles. The van der Waals surface area contributed by atoms with Gasteiger partial charge in [0.05, 0.1) is 23.4 Å². The summed E-state index contributed by atoms with van der Waals surface area (Å²) in [6, 6.07) is -0.0836. The van der Waals surface area contributed by atoms with E-state index in [1.165, 1.54) is 0 Å². The second kappa shape index (κ2) is 5.92. The van der Waals surface area contributed by atoms with Gasteiger partial charge in [-0.1, -0.05) is 0 Å². The number of nitrogens with one attached hydrogen (secondary N) is 2. The Balaban J connectivity index is 1.88. The van der Waals surface area contributed by atoms with E-state index in [0.29, 0.717) is 12.2 Å². The Hall–Kier alpha value is -1.41. The highest BCUT2D eigenvalue weighted by Gasteiger charge is 2.26. The van der Waals surface area contributed by atoms with Crippen molar-refractivity contribution in [1.29, 1.82) is 0 Å². The van der Waals surface area contributed by atoms with Crippen LogP contribution < -0.4 is 10.6 Å². The molecule has 0 spiro atoms. The lowest BCUT2D eigenvalue weighted by molar-refractivity contribution is -0.116. The van der Waals surface area contributed by atoms with Crippen LogP contribution in [0.4, 0.5) is 5.69 Å². The van der Waals surface area contributed by atoms with Crippen molar-refractivity contribution in [3.05, 3.63) is 12.4 Å². The van der Waals surface area contributed by atoms with E-state index >= 15 is 0 Å². The number of anilines is 1. The maximum atomic E-state index is 11.9. The van der Waals surface area contributed by atoms with Crippen LogP contribution in [0.3, 0.4) is 0 Å². The molecule has 112 valence electrons. The Morgan fingerprint density at radius 3 is 2.95 bits per heavy atom. The summed E-state index contributed by atoms with van der Waals surface area (Å²) in [5.74, 6) is -0.0410. The number of aromatic nitrogens is 2. The molecule has 1 amide bonds. The van der Waals surface area contributed by atoms with Gasteiger partial charge in [-0.2, -0.15) is 5.10 Å². The van der Waals surface area contributed by atoms with Crippen molar-refractivity contribution in [2.75, 3.05) is 23.4 Å². The van der Waals surface area contributed by atoms with Crippen molar-refractivity contribution < 1.29 is 13.2 Å². The average molecular weight is 300 g/mol. The standard InChI is InChI=1S/C12H20N4O3S/c1-9(2)16-7-11(6-14-16)15-12(17)5-10-8-20(18,19)4-3-13-10/h6-7,9-10,13H,3-5,8H2,1-2H3,(H,15,17). The number of carbonyl (C=O) groups is 1. The molecule has 0 bridgehead atoms. The van der Waals surface area contributed by atoms with Crippen LogP contribution in [-0.4, -0.2) is 48.2 Å². The highest BCUT2D eigenvalue weighted by molar-refractivity contribution is 7.91. The van der Waals surface area contributed by atoms with Crippen LogP contribution in [-0.2, 0) is 14.6 Å². The Bertz CT molecular complexity index is 579. The van der Waals surface area contributed by atoms with E-state index in [0.717, 1.165) is 0 Å². The molecule has 2 heterocycles. The van der Waals surface area contributed by atoms with E-state index in [1.54, 1.807) is 17.1 Å². The Morgan fingerprint density at radius 1 is 1.60 bits per heavy atom. The summed E-state index contributed by atoms with van der Waals surface area (Å²) in [7, 11) is -3.02. The van der Waals surface area contributed by atoms with Gasteiger partial charge < -0.3 is 10.6 Å². The smallest absolute Gasteiger partial charge is 0.226 e. The maximum absolute atomic E-state index is 11.9. The SMILES string of the molecule is CC(C)n1cc(NC(=O)CC2CS(=O)(=O)CCN2)cn1. The summed E-state index contributed by atoms with van der Waals surface area (Å²) in [6.45, 7) is 4.40. The first-order valence-corrected chi connectivity index (χ1v) is 8.46. The van der Waals surface area contributed by atoms with E-state index in [-0.39, 0.29) is 35.9 Å². The van der Waals surface area contributed by atoms with Crippen molar-refractivity contribution in [2.45, 2.75) is 32.4 Å². The van der Waals surface area contributed by atoms with Crippen LogP contribution in [0.25, 0.3) is 0 Å². The zero-order valence-electron chi connectivity index (χ0n) is 11.7. The third-order valence-electron chi connectivity index (χ3n) is 3.15. The van der Waals surface area contributed by atoms with E-state index in [4.69, 9.17) is 0 Å². The van der Waals surface area contributed by atoms with Crippen LogP contribution in [0.1, 0.15) is 26.3 Å². The van der Waals surface area contributed by atoms with Crippen LogP contribution in [0.5, 0.6) is 0 Å². The number of sulfone groups is 1. The summed E-state index contributed by atoms with van der Waals surface area (Å²) in [4.78, 5) is 11.9. The Kier molecular flexibility index (Phi) is 4.44. The van der Waals surface area contributed by atoms with Crippen molar-refractivity contribution in [2.24, 2.45) is 0 Å². The van der Waals surface area contributed by atoms with Gasteiger partial charge in [-0.15, -0.1) is 0 Å². The molecule has 0 saturated carbocycles. The normalized spacial score (nSPS) is 21.9. The van der Waals surface area contributed by atoms with Gasteiger partial charge in [0.2, 0.25) is 5.91 Å². The van der Waals surface area contributed by atoms with Crippen LogP contribution in [0.15, 0.2) is 12.4 Å². The molecular formula is C12H20N4O3S. The fourth-order valence-electron chi connectivity index (χ4n) is 2.12. The second-order valence-electron chi connectivity index (χ2n) is 5.32. The molecule has 1 atom stereocenters. The third kappa shape index (κ3) is 4.04. The van der Waals surface area contributed by atoms with E-state index < -0.39 is 9.84 Å². The lowest BCUT2D eigenvalue weighted by atomic mass is 10.2. The maximum Gasteiger partial charge on any atom is 0.226 e. The molecule has 2 N–H and O–H groups in total. The predicted octanol–water partition coefficient (Wildman–Crippen LogP) is 0.179. The first kappa shape index (κ1) is 15.0. The molecule has 1 aliphatic heterocycles. The zero-order chi connectivity index (χ0) is 14.8. The average Bonchev–Trinajstić information content (AvgIpc) is 2.75. The molecule has 20 heavy (non-hydrogen) atoms. The number of nitrogens with zero attached hydrogens (tertiary/aromatic N) is 2. The molecule has 1 unspecified atom stereocenters. The van der Waals surface area contributed by atoms with Gasteiger partial charge in [0.1, 0.15) is 0 Å². The summed E-state index contributed by atoms with van der Waals surface area (Å²) < 4.78 is 24.7. The molecule has 1 aromatic rings. The van der Waals surface area contributed by atoms with Crippen LogP contribution in [0, 0.1) is 0 Å². The summed E-state index contributed by atoms with van der Waals surface area (Å²) in [6.07, 6.45) is 3.49. The largest absolute Gasteiger partial charge is 0.323 e. The second-order valence-corrected chi connectivity index (χ2v) is 7.55. The van der Waals surface area contributed by atoms with Crippen molar-refractivity contribution in [3.8, 4) is 0 Å². The van der Waals surface area contributed by atoms with Gasteiger partial charge in [0, 0.05) is 31.2 Å². The Labute approximate surface area is 118 Å². The monoisotopic (exact) mass is 300 g/mol. The molecule has 2 rings (SSSR count). The molecular weight excluding hydrogens is 280 g/mol. The molecule has 1 fully saturated rings. The molecule has 0 radical (unpaired) electrons. The first-order valence-electron chi connectivity index (χ1n) is 6.63. The minimum Gasteiger partial charge on any atom is -0.323 e. The van der Waals surface area contributed by atoms with Crippen molar-refractivity contribution in [1.82, 2.24) is 15.1 Å². The number of hydrogen-bond donors (Lipinski definition) is 2. The number of rotatable bonds is 4. The quantitative estimate of drug-likeness (QED) is 0.827. The van der Waals surface area contributed by atoms with E-state index in [2.05, 4.69) is 15.7 Å². The van der Waals surface area contributed by atoms with Crippen molar-refractivity contribution >= 4 is 21.4 Å². The lowest BCUT2D eigenvalue weighted by Gasteiger charge is -2.22. The van der Waals surface area contributed by atoms with Gasteiger partial charge in [-0.05, 0) is 13.8 Å². The van der Waals surface area contributed by atoms with Gasteiger partial charge in [-0.3, -0.25) is 9.48 Å². The summed E-state index contributed by atoms with van der Waals surface area (Å²) in [5.41, 5.74) is 0.627. The highest BCUT2D eigenvalue weighted by Crippen LogP contribution is 2.11.